The smallest absolute Gasteiger partial charge is 0.272 e. The standard InChI is InChI=1S/C15H22N4OS/c1-18-7-5-11(6-8-18)10-19(2)15(20)13-4-3-12(9-17-13)14(16)21/h3-4,9,11H,5-8,10H2,1-2H3,(H2,16,21). The summed E-state index contributed by atoms with van der Waals surface area (Å²) in [5.74, 6) is 0.523. The van der Waals surface area contributed by atoms with E-state index in [1.807, 2.05) is 7.05 Å². The molecule has 0 atom stereocenters. The number of nitrogens with two attached hydrogens (primary N) is 1. The van der Waals surface area contributed by atoms with Crippen molar-refractivity contribution in [2.75, 3.05) is 33.7 Å². The largest absolute Gasteiger partial charge is 0.389 e. The first kappa shape index (κ1) is 15.9. The Morgan fingerprint density at radius 1 is 1.48 bits per heavy atom. The number of piperidine rings is 1. The lowest BCUT2D eigenvalue weighted by molar-refractivity contribution is 0.0741. The van der Waals surface area contributed by atoms with Gasteiger partial charge in [-0.25, -0.2) is 0 Å². The van der Waals surface area contributed by atoms with Crippen LogP contribution in [0.2, 0.25) is 0 Å². The van der Waals surface area contributed by atoms with E-state index in [-0.39, 0.29) is 5.91 Å². The number of carbonyl (C=O) groups excluding carboxylic acids is 1. The number of amides is 1. The van der Waals surface area contributed by atoms with E-state index in [1.165, 1.54) is 0 Å². The van der Waals surface area contributed by atoms with E-state index in [0.29, 0.717) is 22.2 Å². The minimum Gasteiger partial charge on any atom is -0.389 e. The van der Waals surface area contributed by atoms with Gasteiger partial charge in [-0.15, -0.1) is 0 Å². The summed E-state index contributed by atoms with van der Waals surface area (Å²) in [6.45, 7) is 2.99. The summed E-state index contributed by atoms with van der Waals surface area (Å²) in [5.41, 5.74) is 6.64. The van der Waals surface area contributed by atoms with E-state index >= 15 is 0 Å². The lowest BCUT2D eigenvalue weighted by Crippen LogP contribution is -2.38. The Morgan fingerprint density at radius 3 is 2.67 bits per heavy atom. The van der Waals surface area contributed by atoms with Gasteiger partial charge in [0, 0.05) is 25.4 Å². The quantitative estimate of drug-likeness (QED) is 0.845. The first-order valence-electron chi connectivity index (χ1n) is 7.17. The lowest BCUT2D eigenvalue weighted by Gasteiger charge is -2.31. The van der Waals surface area contributed by atoms with Crippen molar-refractivity contribution >= 4 is 23.1 Å². The molecular formula is C15H22N4OS. The van der Waals surface area contributed by atoms with Crippen LogP contribution < -0.4 is 5.73 Å². The van der Waals surface area contributed by atoms with Crippen molar-refractivity contribution < 1.29 is 4.79 Å². The molecule has 0 saturated carbocycles. The van der Waals surface area contributed by atoms with Crippen molar-refractivity contribution in [3.63, 3.8) is 0 Å². The molecule has 5 nitrogen and oxygen atoms in total. The second-order valence-corrected chi connectivity index (χ2v) is 6.17. The number of thiocarbonyl (C=S) groups is 1. The van der Waals surface area contributed by atoms with Crippen LogP contribution in [-0.2, 0) is 0 Å². The van der Waals surface area contributed by atoms with Crippen LogP contribution in [-0.4, -0.2) is 59.4 Å². The lowest BCUT2D eigenvalue weighted by atomic mass is 9.96. The summed E-state index contributed by atoms with van der Waals surface area (Å²) in [6, 6.07) is 3.42. The van der Waals surface area contributed by atoms with Crippen molar-refractivity contribution in [3.8, 4) is 0 Å². The molecule has 0 aliphatic carbocycles. The van der Waals surface area contributed by atoms with Crippen LogP contribution in [0, 0.1) is 5.92 Å². The molecule has 0 radical (unpaired) electrons. The zero-order valence-corrected chi connectivity index (χ0v) is 13.4. The van der Waals surface area contributed by atoms with Gasteiger partial charge in [0.2, 0.25) is 0 Å². The van der Waals surface area contributed by atoms with E-state index in [0.717, 1.165) is 32.5 Å². The molecule has 1 fully saturated rings. The minimum atomic E-state index is -0.0524. The third-order valence-corrected chi connectivity index (χ3v) is 4.22. The Balaban J connectivity index is 1.94. The van der Waals surface area contributed by atoms with Gasteiger partial charge in [0.05, 0.1) is 0 Å². The molecule has 6 heteroatoms. The first-order valence-corrected chi connectivity index (χ1v) is 7.58. The number of hydrogen-bond donors (Lipinski definition) is 1. The topological polar surface area (TPSA) is 62.5 Å². The number of hydrogen-bond acceptors (Lipinski definition) is 4. The third-order valence-electron chi connectivity index (χ3n) is 3.98. The molecule has 2 heterocycles. The highest BCUT2D eigenvalue weighted by atomic mass is 32.1. The highest BCUT2D eigenvalue weighted by molar-refractivity contribution is 7.80. The van der Waals surface area contributed by atoms with Crippen molar-refractivity contribution in [2.24, 2.45) is 11.7 Å². The zero-order chi connectivity index (χ0) is 15.4. The first-order chi connectivity index (χ1) is 9.97. The fraction of sp³-hybridized carbons (Fsp3) is 0.533. The molecule has 2 N–H and O–H groups in total. The van der Waals surface area contributed by atoms with Crippen molar-refractivity contribution in [1.82, 2.24) is 14.8 Å². The molecule has 1 amide bonds. The predicted molar refractivity (Wildman–Crippen MR) is 87.3 cm³/mol. The van der Waals surface area contributed by atoms with Crippen LogP contribution in [0.15, 0.2) is 18.3 Å². The highest BCUT2D eigenvalue weighted by Gasteiger charge is 2.21. The number of nitrogens with zero attached hydrogens (tertiary/aromatic N) is 3. The van der Waals surface area contributed by atoms with Gasteiger partial charge in [0.15, 0.2) is 0 Å². The summed E-state index contributed by atoms with van der Waals surface area (Å²) in [4.78, 5) is 20.9. The Bertz CT molecular complexity index is 509. The molecule has 0 aromatic carbocycles. The normalized spacial score (nSPS) is 16.7. The van der Waals surface area contributed by atoms with Gasteiger partial charge >= 0.3 is 0 Å². The average molecular weight is 306 g/mol. The molecule has 1 aliphatic rings. The maximum atomic E-state index is 12.4. The molecule has 21 heavy (non-hydrogen) atoms. The summed E-state index contributed by atoms with van der Waals surface area (Å²) in [6.07, 6.45) is 3.84. The second kappa shape index (κ2) is 6.95. The number of aromatic nitrogens is 1. The van der Waals surface area contributed by atoms with Gasteiger partial charge in [0.1, 0.15) is 10.7 Å². The molecule has 0 unspecified atom stereocenters. The number of pyridine rings is 1. The fourth-order valence-corrected chi connectivity index (χ4v) is 2.70. The molecule has 114 valence electrons. The molecule has 0 spiro atoms. The SMILES string of the molecule is CN1CCC(CN(C)C(=O)c2ccc(C(N)=S)cn2)CC1. The van der Waals surface area contributed by atoms with Crippen molar-refractivity contribution in [1.29, 1.82) is 0 Å². The Hall–Kier alpha value is -1.53. The van der Waals surface area contributed by atoms with Crippen LogP contribution in [0.1, 0.15) is 28.9 Å². The second-order valence-electron chi connectivity index (χ2n) is 5.73. The van der Waals surface area contributed by atoms with E-state index in [9.17, 15) is 4.79 Å². The summed E-state index contributed by atoms with van der Waals surface area (Å²) in [5, 5.41) is 0. The summed E-state index contributed by atoms with van der Waals surface area (Å²) in [7, 11) is 3.97. The molecule has 1 aliphatic heterocycles. The molecular weight excluding hydrogens is 284 g/mol. The van der Waals surface area contributed by atoms with Crippen LogP contribution >= 0.6 is 12.2 Å². The highest BCUT2D eigenvalue weighted by Crippen LogP contribution is 2.17. The number of carbonyl (C=O) groups is 1. The van der Waals surface area contributed by atoms with Gasteiger partial charge < -0.3 is 15.5 Å². The van der Waals surface area contributed by atoms with E-state index in [4.69, 9.17) is 18.0 Å². The average Bonchev–Trinajstić information content (AvgIpc) is 2.49. The molecule has 2 rings (SSSR count). The number of likely N-dealkylation sites (tertiary alicyclic amines) is 1. The number of rotatable bonds is 4. The Morgan fingerprint density at radius 2 is 2.14 bits per heavy atom. The molecule has 1 saturated heterocycles. The maximum Gasteiger partial charge on any atom is 0.272 e. The van der Waals surface area contributed by atoms with Crippen LogP contribution in [0.3, 0.4) is 0 Å². The monoisotopic (exact) mass is 306 g/mol. The van der Waals surface area contributed by atoms with Gasteiger partial charge in [-0.2, -0.15) is 0 Å². The predicted octanol–water partition coefficient (Wildman–Crippen LogP) is 1.13. The van der Waals surface area contributed by atoms with Crippen molar-refractivity contribution in [2.45, 2.75) is 12.8 Å². The van der Waals surface area contributed by atoms with E-state index in [1.54, 1.807) is 23.2 Å². The van der Waals surface area contributed by atoms with Gasteiger partial charge in [-0.1, -0.05) is 12.2 Å². The summed E-state index contributed by atoms with van der Waals surface area (Å²) >= 11 is 4.88. The molecule has 1 aromatic heterocycles. The van der Waals surface area contributed by atoms with Gasteiger partial charge in [-0.3, -0.25) is 9.78 Å². The third kappa shape index (κ3) is 4.22. The van der Waals surface area contributed by atoms with Crippen LogP contribution in [0.4, 0.5) is 0 Å². The zero-order valence-electron chi connectivity index (χ0n) is 12.6. The van der Waals surface area contributed by atoms with E-state index in [2.05, 4.69) is 16.9 Å². The van der Waals surface area contributed by atoms with Crippen LogP contribution in [0.5, 0.6) is 0 Å². The Labute approximate surface area is 131 Å². The summed E-state index contributed by atoms with van der Waals surface area (Å²) < 4.78 is 0. The van der Waals surface area contributed by atoms with E-state index < -0.39 is 0 Å². The fourth-order valence-electron chi connectivity index (χ4n) is 2.58. The minimum absolute atomic E-state index is 0.0524. The van der Waals surface area contributed by atoms with Crippen molar-refractivity contribution in [3.05, 3.63) is 29.6 Å². The Kier molecular flexibility index (Phi) is 5.25. The maximum absolute atomic E-state index is 12.4. The van der Waals surface area contributed by atoms with Gasteiger partial charge in [-0.05, 0) is 51.0 Å². The molecule has 0 bridgehead atoms. The van der Waals surface area contributed by atoms with Gasteiger partial charge in [0.25, 0.3) is 5.91 Å². The van der Waals surface area contributed by atoms with Crippen LogP contribution in [0.25, 0.3) is 0 Å². The molecule has 1 aromatic rings.